The van der Waals surface area contributed by atoms with Crippen molar-refractivity contribution in [3.05, 3.63) is 0 Å². The summed E-state index contributed by atoms with van der Waals surface area (Å²) in [4.78, 5) is 0. The molecule has 2 saturated carbocycles. The van der Waals surface area contributed by atoms with Crippen LogP contribution in [0.5, 0.6) is 0 Å². The summed E-state index contributed by atoms with van der Waals surface area (Å²) in [6.45, 7) is 2.13. The van der Waals surface area contributed by atoms with Crippen molar-refractivity contribution in [3.8, 4) is 0 Å². The zero-order chi connectivity index (χ0) is 14.1. The number of nitrogens with two attached hydrogens (primary N) is 1. The molecular weight excluding hydrogens is 266 g/mol. The van der Waals surface area contributed by atoms with Crippen molar-refractivity contribution in [3.63, 3.8) is 0 Å². The first kappa shape index (κ1) is 14.6. The van der Waals surface area contributed by atoms with Crippen molar-refractivity contribution in [2.75, 3.05) is 0 Å². The average molecular weight is 289 g/mol. The highest BCUT2D eigenvalue weighted by Crippen LogP contribution is 2.36. The quantitative estimate of drug-likeness (QED) is 0.305. The van der Waals surface area contributed by atoms with E-state index in [-0.39, 0.29) is 11.1 Å². The minimum absolute atomic E-state index is 0.00808. The van der Waals surface area contributed by atoms with Crippen LogP contribution in [0.3, 0.4) is 0 Å². The second-order valence-corrected chi connectivity index (χ2v) is 7.73. The van der Waals surface area contributed by atoms with Gasteiger partial charge in [0.2, 0.25) is 10.0 Å². The van der Waals surface area contributed by atoms with Crippen LogP contribution < -0.4 is 10.5 Å². The Kier molecular flexibility index (Phi) is 4.06. The lowest BCUT2D eigenvalue weighted by atomic mass is 9.75. The van der Waals surface area contributed by atoms with Gasteiger partial charge in [-0.1, -0.05) is 18.5 Å². The molecule has 0 radical (unpaired) electrons. The molecule has 0 heterocycles. The van der Waals surface area contributed by atoms with E-state index in [2.05, 4.69) is 16.8 Å². The van der Waals surface area contributed by atoms with Gasteiger partial charge in [0.1, 0.15) is 0 Å². The Labute approximate surface area is 114 Å². The minimum Gasteiger partial charge on any atom is -0.409 e. The summed E-state index contributed by atoms with van der Waals surface area (Å²) in [6.07, 6.45) is 5.51. The molecule has 0 amide bonds. The third kappa shape index (κ3) is 3.02. The molecule has 2 fully saturated rings. The van der Waals surface area contributed by atoms with Crippen molar-refractivity contribution in [2.24, 2.45) is 16.8 Å². The van der Waals surface area contributed by atoms with Crippen LogP contribution in [0.25, 0.3) is 0 Å². The molecule has 0 aromatic heterocycles. The SMILES string of the molecule is CCC1CCC(NS(=O)(=O)C2CC2)(C(N)=NO)CC1. The van der Waals surface area contributed by atoms with Gasteiger partial charge in [0, 0.05) is 0 Å². The van der Waals surface area contributed by atoms with Gasteiger partial charge in [0.05, 0.1) is 10.8 Å². The largest absolute Gasteiger partial charge is 0.409 e. The molecule has 2 rings (SSSR count). The van der Waals surface area contributed by atoms with E-state index in [1.165, 1.54) is 0 Å². The number of amidine groups is 1. The second-order valence-electron chi connectivity index (χ2n) is 5.77. The number of sulfonamides is 1. The molecule has 0 atom stereocenters. The first-order valence-electron chi connectivity index (χ1n) is 6.94. The summed E-state index contributed by atoms with van der Waals surface area (Å²) in [5, 5.41) is 11.7. The van der Waals surface area contributed by atoms with Crippen LogP contribution in [0.2, 0.25) is 0 Å². The highest BCUT2D eigenvalue weighted by Gasteiger charge is 2.46. The van der Waals surface area contributed by atoms with Crippen LogP contribution in [0.15, 0.2) is 5.16 Å². The van der Waals surface area contributed by atoms with Crippen molar-refractivity contribution >= 4 is 15.9 Å². The van der Waals surface area contributed by atoms with Crippen LogP contribution in [0.4, 0.5) is 0 Å². The van der Waals surface area contributed by atoms with Gasteiger partial charge in [-0.15, -0.1) is 0 Å². The lowest BCUT2D eigenvalue weighted by molar-refractivity contribution is 0.253. The van der Waals surface area contributed by atoms with Gasteiger partial charge in [-0.3, -0.25) is 0 Å². The molecule has 0 aromatic carbocycles. The number of hydrogen-bond donors (Lipinski definition) is 3. The van der Waals surface area contributed by atoms with Gasteiger partial charge in [-0.2, -0.15) is 0 Å². The third-order valence-corrected chi connectivity index (χ3v) is 6.46. The van der Waals surface area contributed by atoms with E-state index in [0.717, 1.165) is 19.3 Å². The monoisotopic (exact) mass is 289 g/mol. The smallest absolute Gasteiger partial charge is 0.215 e. The Morgan fingerprint density at radius 3 is 2.37 bits per heavy atom. The van der Waals surface area contributed by atoms with Gasteiger partial charge in [-0.05, 0) is 44.4 Å². The first-order chi connectivity index (χ1) is 8.93. The van der Waals surface area contributed by atoms with Gasteiger partial charge in [0.15, 0.2) is 5.84 Å². The van der Waals surface area contributed by atoms with E-state index >= 15 is 0 Å². The number of oxime groups is 1. The summed E-state index contributed by atoms with van der Waals surface area (Å²) in [6, 6.07) is 0. The fourth-order valence-corrected chi connectivity index (χ4v) is 4.60. The Morgan fingerprint density at radius 2 is 1.95 bits per heavy atom. The van der Waals surface area contributed by atoms with Crippen molar-refractivity contribution in [2.45, 2.75) is 62.7 Å². The van der Waals surface area contributed by atoms with Crippen LogP contribution in [0, 0.1) is 5.92 Å². The van der Waals surface area contributed by atoms with E-state index in [1.807, 2.05) is 0 Å². The van der Waals surface area contributed by atoms with Crippen LogP contribution in [-0.4, -0.2) is 30.2 Å². The summed E-state index contributed by atoms with van der Waals surface area (Å²) in [5.41, 5.74) is 4.88. The molecular formula is C12H23N3O3S. The number of rotatable bonds is 5. The second kappa shape index (κ2) is 5.28. The molecule has 0 bridgehead atoms. The Bertz CT molecular complexity index is 449. The maximum atomic E-state index is 12.1. The highest BCUT2D eigenvalue weighted by atomic mass is 32.2. The molecule has 6 nitrogen and oxygen atoms in total. The van der Waals surface area contributed by atoms with Crippen molar-refractivity contribution < 1.29 is 13.6 Å². The molecule has 7 heteroatoms. The molecule has 0 aliphatic heterocycles. The Morgan fingerprint density at radius 1 is 1.37 bits per heavy atom. The van der Waals surface area contributed by atoms with Crippen molar-refractivity contribution in [1.29, 1.82) is 0 Å². The molecule has 0 saturated heterocycles. The molecule has 110 valence electrons. The van der Waals surface area contributed by atoms with Crippen LogP contribution in [0.1, 0.15) is 51.9 Å². The van der Waals surface area contributed by atoms with Crippen molar-refractivity contribution in [1.82, 2.24) is 4.72 Å². The lowest BCUT2D eigenvalue weighted by Gasteiger charge is -2.39. The summed E-state index contributed by atoms with van der Waals surface area (Å²) < 4.78 is 27.0. The average Bonchev–Trinajstić information content (AvgIpc) is 3.23. The standard InChI is InChI=1S/C12H23N3O3S/c1-2-9-5-7-12(8-6-9,11(13)14-16)15-19(17,18)10-3-4-10/h9-10,15-16H,2-8H2,1H3,(H2,13,14). The topological polar surface area (TPSA) is 105 Å². The zero-order valence-electron chi connectivity index (χ0n) is 11.3. The third-order valence-electron chi connectivity index (χ3n) is 4.43. The molecule has 19 heavy (non-hydrogen) atoms. The van der Waals surface area contributed by atoms with E-state index in [4.69, 9.17) is 10.9 Å². The number of nitrogens with one attached hydrogen (secondary N) is 1. The van der Waals surface area contributed by atoms with Gasteiger partial charge in [0.25, 0.3) is 0 Å². The predicted octanol–water partition coefficient (Wildman–Crippen LogP) is 1.15. The maximum absolute atomic E-state index is 12.1. The molecule has 0 aromatic rings. The Balaban J connectivity index is 2.17. The van der Waals surface area contributed by atoms with Gasteiger partial charge < -0.3 is 10.9 Å². The predicted molar refractivity (Wildman–Crippen MR) is 73.5 cm³/mol. The normalized spacial score (nSPS) is 33.3. The summed E-state index contributed by atoms with van der Waals surface area (Å²) in [7, 11) is -3.35. The summed E-state index contributed by atoms with van der Waals surface area (Å²) >= 11 is 0. The molecule has 0 unspecified atom stereocenters. The Hall–Kier alpha value is -0.820. The summed E-state index contributed by atoms with van der Waals surface area (Å²) in [5.74, 6) is 0.594. The molecule has 0 spiro atoms. The number of nitrogens with zero attached hydrogens (tertiary/aromatic N) is 1. The fraction of sp³-hybridized carbons (Fsp3) is 0.917. The maximum Gasteiger partial charge on any atom is 0.215 e. The molecule has 2 aliphatic rings. The van der Waals surface area contributed by atoms with Gasteiger partial charge in [-0.25, -0.2) is 13.1 Å². The fourth-order valence-electron chi connectivity index (χ4n) is 2.82. The van der Waals surface area contributed by atoms with E-state index in [9.17, 15) is 8.42 Å². The van der Waals surface area contributed by atoms with Crippen LogP contribution >= 0.6 is 0 Å². The number of hydrogen-bond acceptors (Lipinski definition) is 4. The van der Waals surface area contributed by atoms with E-state index < -0.39 is 15.6 Å². The van der Waals surface area contributed by atoms with E-state index in [1.54, 1.807) is 0 Å². The zero-order valence-corrected chi connectivity index (χ0v) is 12.1. The lowest BCUT2D eigenvalue weighted by Crippen LogP contribution is -2.59. The highest BCUT2D eigenvalue weighted by molar-refractivity contribution is 7.90. The molecule has 2 aliphatic carbocycles. The first-order valence-corrected chi connectivity index (χ1v) is 8.49. The van der Waals surface area contributed by atoms with Gasteiger partial charge >= 0.3 is 0 Å². The minimum atomic E-state index is -3.35. The van der Waals surface area contributed by atoms with E-state index in [0.29, 0.717) is 31.6 Å². The molecule has 4 N–H and O–H groups in total. The van der Waals surface area contributed by atoms with Crippen LogP contribution in [-0.2, 0) is 10.0 Å².